The van der Waals surface area contributed by atoms with Crippen LogP contribution in [0.3, 0.4) is 0 Å². The smallest absolute Gasteiger partial charge is 0.0695 e. The zero-order valence-corrected chi connectivity index (χ0v) is 9.26. The second-order valence-electron chi connectivity index (χ2n) is 4.59. The minimum atomic E-state index is -0.126. The molecule has 0 aliphatic heterocycles. The van der Waals surface area contributed by atoms with E-state index in [0.29, 0.717) is 5.92 Å². The molecule has 0 amide bonds. The summed E-state index contributed by atoms with van der Waals surface area (Å²) in [5.74, 6) is 0.572. The highest BCUT2D eigenvalue weighted by molar-refractivity contribution is 5.14. The van der Waals surface area contributed by atoms with Crippen LogP contribution >= 0.6 is 0 Å². The molecule has 2 heteroatoms. The molecule has 0 spiro atoms. The van der Waals surface area contributed by atoms with Gasteiger partial charge in [0.2, 0.25) is 0 Å². The Bertz CT molecular complexity index is 295. The summed E-state index contributed by atoms with van der Waals surface area (Å²) in [5.41, 5.74) is 1.31. The maximum absolute atomic E-state index is 9.80. The molecule has 0 saturated heterocycles. The molecule has 0 unspecified atom stereocenters. The zero-order valence-electron chi connectivity index (χ0n) is 9.26. The Morgan fingerprint density at radius 1 is 1.33 bits per heavy atom. The first-order chi connectivity index (χ1) is 7.25. The van der Waals surface area contributed by atoms with Gasteiger partial charge < -0.3 is 5.11 Å². The minimum Gasteiger partial charge on any atom is -0.392 e. The van der Waals surface area contributed by atoms with Crippen LogP contribution < -0.4 is 0 Å². The van der Waals surface area contributed by atoms with E-state index in [2.05, 4.69) is 36.2 Å². The van der Waals surface area contributed by atoms with Crippen molar-refractivity contribution in [2.45, 2.75) is 25.5 Å². The molecule has 0 bridgehead atoms. The Labute approximate surface area is 91.5 Å². The zero-order chi connectivity index (χ0) is 10.7. The summed E-state index contributed by atoms with van der Waals surface area (Å²) < 4.78 is 0. The van der Waals surface area contributed by atoms with Crippen LogP contribution in [-0.2, 0) is 6.54 Å². The largest absolute Gasteiger partial charge is 0.392 e. The summed E-state index contributed by atoms with van der Waals surface area (Å²) >= 11 is 0. The van der Waals surface area contributed by atoms with Crippen molar-refractivity contribution in [3.63, 3.8) is 0 Å². The molecule has 15 heavy (non-hydrogen) atoms. The monoisotopic (exact) mass is 205 g/mol. The number of benzene rings is 1. The average Bonchev–Trinajstić information content (AvgIpc) is 3.01. The van der Waals surface area contributed by atoms with Crippen LogP contribution in [-0.4, -0.2) is 29.7 Å². The summed E-state index contributed by atoms with van der Waals surface area (Å²) in [6.07, 6.45) is 2.29. The molecule has 1 aliphatic rings. The molecule has 0 radical (unpaired) electrons. The molecule has 2 nitrogen and oxygen atoms in total. The molecule has 1 atom stereocenters. The molecule has 82 valence electrons. The van der Waals surface area contributed by atoms with Gasteiger partial charge in [0.15, 0.2) is 0 Å². The first-order valence-corrected chi connectivity index (χ1v) is 5.66. The molecule has 1 fully saturated rings. The van der Waals surface area contributed by atoms with Gasteiger partial charge in [0, 0.05) is 13.1 Å². The fraction of sp³-hybridized carbons (Fsp3) is 0.538. The van der Waals surface area contributed by atoms with Crippen LogP contribution in [0, 0.1) is 5.92 Å². The summed E-state index contributed by atoms with van der Waals surface area (Å²) in [7, 11) is 2.07. The molecular weight excluding hydrogens is 186 g/mol. The third-order valence-corrected chi connectivity index (χ3v) is 2.96. The van der Waals surface area contributed by atoms with E-state index in [-0.39, 0.29) is 6.10 Å². The van der Waals surface area contributed by atoms with Gasteiger partial charge >= 0.3 is 0 Å². The average molecular weight is 205 g/mol. The van der Waals surface area contributed by atoms with E-state index < -0.39 is 0 Å². The van der Waals surface area contributed by atoms with Gasteiger partial charge in [-0.25, -0.2) is 0 Å². The molecule has 0 aromatic heterocycles. The number of likely N-dealkylation sites (N-methyl/N-ethyl adjacent to an activating group) is 1. The highest BCUT2D eigenvalue weighted by atomic mass is 16.3. The Balaban J connectivity index is 1.79. The van der Waals surface area contributed by atoms with E-state index >= 15 is 0 Å². The minimum absolute atomic E-state index is 0.126. The topological polar surface area (TPSA) is 23.5 Å². The summed E-state index contributed by atoms with van der Waals surface area (Å²) in [4.78, 5) is 2.19. The van der Waals surface area contributed by atoms with Gasteiger partial charge in [-0.2, -0.15) is 0 Å². The van der Waals surface area contributed by atoms with Gasteiger partial charge in [-0.05, 0) is 31.4 Å². The Hall–Kier alpha value is -0.860. The second kappa shape index (κ2) is 4.77. The first-order valence-electron chi connectivity index (χ1n) is 5.66. The van der Waals surface area contributed by atoms with E-state index in [1.807, 2.05) is 6.07 Å². The number of aliphatic hydroxyl groups excluding tert-OH is 1. The summed E-state index contributed by atoms with van der Waals surface area (Å²) in [5, 5.41) is 9.80. The lowest BCUT2D eigenvalue weighted by atomic mass is 10.2. The van der Waals surface area contributed by atoms with Gasteiger partial charge in [0.05, 0.1) is 6.10 Å². The van der Waals surface area contributed by atoms with E-state index in [9.17, 15) is 5.11 Å². The van der Waals surface area contributed by atoms with Crippen molar-refractivity contribution in [1.29, 1.82) is 0 Å². The molecule has 1 aromatic rings. The van der Waals surface area contributed by atoms with Crippen LogP contribution in [0.25, 0.3) is 0 Å². The lowest BCUT2D eigenvalue weighted by Gasteiger charge is -2.20. The molecule has 1 aliphatic carbocycles. The number of hydrogen-bond acceptors (Lipinski definition) is 2. The Morgan fingerprint density at radius 2 is 2.00 bits per heavy atom. The van der Waals surface area contributed by atoms with Crippen molar-refractivity contribution in [3.05, 3.63) is 35.9 Å². The third-order valence-electron chi connectivity index (χ3n) is 2.96. The highest BCUT2D eigenvalue weighted by Gasteiger charge is 2.30. The van der Waals surface area contributed by atoms with Crippen molar-refractivity contribution in [3.8, 4) is 0 Å². The lowest BCUT2D eigenvalue weighted by molar-refractivity contribution is 0.104. The number of hydrogen-bond donors (Lipinski definition) is 1. The SMILES string of the molecule is CN(Cc1ccccc1)C[C@H](O)C1CC1. The molecule has 2 rings (SSSR count). The van der Waals surface area contributed by atoms with Crippen molar-refractivity contribution in [2.24, 2.45) is 5.92 Å². The molecule has 1 N–H and O–H groups in total. The fourth-order valence-corrected chi connectivity index (χ4v) is 1.91. The van der Waals surface area contributed by atoms with Gasteiger partial charge in [-0.1, -0.05) is 30.3 Å². The van der Waals surface area contributed by atoms with E-state index in [4.69, 9.17) is 0 Å². The van der Waals surface area contributed by atoms with Crippen LogP contribution in [0.5, 0.6) is 0 Å². The third kappa shape index (κ3) is 3.33. The van der Waals surface area contributed by atoms with E-state index in [0.717, 1.165) is 13.1 Å². The van der Waals surface area contributed by atoms with E-state index in [1.165, 1.54) is 18.4 Å². The fourth-order valence-electron chi connectivity index (χ4n) is 1.91. The summed E-state index contributed by atoms with van der Waals surface area (Å²) in [6.45, 7) is 1.71. The lowest BCUT2D eigenvalue weighted by Crippen LogP contribution is -2.29. The number of nitrogens with zero attached hydrogens (tertiary/aromatic N) is 1. The Kier molecular flexibility index (Phi) is 3.39. The van der Waals surface area contributed by atoms with Crippen molar-refractivity contribution in [2.75, 3.05) is 13.6 Å². The van der Waals surface area contributed by atoms with Gasteiger partial charge in [0.25, 0.3) is 0 Å². The standard InChI is InChI=1S/C13H19NO/c1-14(10-13(15)12-7-8-12)9-11-5-3-2-4-6-11/h2-6,12-13,15H,7-10H2,1H3/t13-/m0/s1. The first kappa shape index (κ1) is 10.7. The van der Waals surface area contributed by atoms with Crippen LogP contribution in [0.1, 0.15) is 18.4 Å². The van der Waals surface area contributed by atoms with Crippen molar-refractivity contribution in [1.82, 2.24) is 4.90 Å². The molecule has 1 saturated carbocycles. The molecule has 0 heterocycles. The normalized spacial score (nSPS) is 18.1. The second-order valence-corrected chi connectivity index (χ2v) is 4.59. The molecular formula is C13H19NO. The maximum Gasteiger partial charge on any atom is 0.0695 e. The highest BCUT2D eigenvalue weighted by Crippen LogP contribution is 2.32. The van der Waals surface area contributed by atoms with Crippen molar-refractivity contribution < 1.29 is 5.11 Å². The predicted octanol–water partition coefficient (Wildman–Crippen LogP) is 1.89. The number of rotatable bonds is 5. The maximum atomic E-state index is 9.80. The van der Waals surface area contributed by atoms with Gasteiger partial charge in [-0.15, -0.1) is 0 Å². The predicted molar refractivity (Wildman–Crippen MR) is 61.5 cm³/mol. The Morgan fingerprint density at radius 3 is 2.60 bits per heavy atom. The van der Waals surface area contributed by atoms with Crippen LogP contribution in [0.2, 0.25) is 0 Å². The van der Waals surface area contributed by atoms with Gasteiger partial charge in [-0.3, -0.25) is 4.90 Å². The quantitative estimate of drug-likeness (QED) is 0.793. The van der Waals surface area contributed by atoms with E-state index in [1.54, 1.807) is 0 Å². The summed E-state index contributed by atoms with van der Waals surface area (Å²) in [6, 6.07) is 10.4. The van der Waals surface area contributed by atoms with Crippen LogP contribution in [0.4, 0.5) is 0 Å². The van der Waals surface area contributed by atoms with Crippen molar-refractivity contribution >= 4 is 0 Å². The number of aliphatic hydroxyl groups is 1. The molecule has 1 aromatic carbocycles. The van der Waals surface area contributed by atoms with Crippen LogP contribution in [0.15, 0.2) is 30.3 Å². The van der Waals surface area contributed by atoms with Gasteiger partial charge in [0.1, 0.15) is 0 Å².